The number of hydrogen-bond donors (Lipinski definition) is 1. The molecule has 4 nitrogen and oxygen atoms in total. The first-order valence-electron chi connectivity index (χ1n) is 5.73. The molecule has 1 amide bonds. The van der Waals surface area contributed by atoms with Gasteiger partial charge in [-0.1, -0.05) is 0 Å². The number of carbonyl (C=O) groups excluding carboxylic acids is 1. The van der Waals surface area contributed by atoms with Crippen molar-refractivity contribution in [2.45, 2.75) is 37.8 Å². The monoisotopic (exact) mass is 212 g/mol. The van der Waals surface area contributed by atoms with Gasteiger partial charge in [0.15, 0.2) is 0 Å². The highest BCUT2D eigenvalue weighted by Crippen LogP contribution is 2.23. The van der Waals surface area contributed by atoms with E-state index in [0.29, 0.717) is 6.61 Å². The molecular formula is C11H20N2O2. The zero-order chi connectivity index (χ0) is 10.9. The number of hydrogen-bond acceptors (Lipinski definition) is 3. The van der Waals surface area contributed by atoms with E-state index in [1.165, 1.54) is 0 Å². The van der Waals surface area contributed by atoms with Crippen molar-refractivity contribution in [1.82, 2.24) is 10.2 Å². The summed E-state index contributed by atoms with van der Waals surface area (Å²) >= 11 is 0. The number of nitrogens with one attached hydrogen (secondary N) is 1. The van der Waals surface area contributed by atoms with E-state index < -0.39 is 0 Å². The van der Waals surface area contributed by atoms with Crippen LogP contribution in [0.5, 0.6) is 0 Å². The molecule has 2 rings (SSSR count). The summed E-state index contributed by atoms with van der Waals surface area (Å²) in [5.74, 6) is 0.218. The van der Waals surface area contributed by atoms with Gasteiger partial charge in [0, 0.05) is 13.7 Å². The maximum atomic E-state index is 12.3. The van der Waals surface area contributed by atoms with Crippen LogP contribution in [0.4, 0.5) is 0 Å². The molecule has 0 bridgehead atoms. The van der Waals surface area contributed by atoms with Crippen molar-refractivity contribution in [2.24, 2.45) is 0 Å². The summed E-state index contributed by atoms with van der Waals surface area (Å²) in [7, 11) is 1.90. The van der Waals surface area contributed by atoms with Crippen LogP contribution < -0.4 is 5.32 Å². The van der Waals surface area contributed by atoms with Crippen molar-refractivity contribution in [3.05, 3.63) is 0 Å². The highest BCUT2D eigenvalue weighted by molar-refractivity contribution is 5.86. The van der Waals surface area contributed by atoms with Gasteiger partial charge in [-0.05, 0) is 32.7 Å². The largest absolute Gasteiger partial charge is 0.379 e. The van der Waals surface area contributed by atoms with Crippen LogP contribution in [-0.4, -0.2) is 49.2 Å². The molecule has 0 radical (unpaired) electrons. The summed E-state index contributed by atoms with van der Waals surface area (Å²) in [5, 5.41) is 3.31. The Morgan fingerprint density at radius 2 is 2.40 bits per heavy atom. The molecule has 2 aliphatic rings. The predicted molar refractivity (Wildman–Crippen MR) is 57.6 cm³/mol. The average molecular weight is 212 g/mol. The fourth-order valence-corrected chi connectivity index (χ4v) is 2.46. The smallest absolute Gasteiger partial charge is 0.242 e. The van der Waals surface area contributed by atoms with E-state index in [2.05, 4.69) is 5.32 Å². The molecule has 0 spiro atoms. The summed E-state index contributed by atoms with van der Waals surface area (Å²) < 4.78 is 5.31. The molecule has 0 aromatic carbocycles. The van der Waals surface area contributed by atoms with Crippen LogP contribution in [-0.2, 0) is 9.53 Å². The van der Waals surface area contributed by atoms with Crippen LogP contribution in [0.15, 0.2) is 0 Å². The molecule has 2 saturated heterocycles. The van der Waals surface area contributed by atoms with Crippen molar-refractivity contribution < 1.29 is 9.53 Å². The SMILES string of the molecule is CN(C(=O)C1(C)CCCN1)C1CCOC1. The fourth-order valence-electron chi connectivity index (χ4n) is 2.46. The molecule has 2 heterocycles. The Morgan fingerprint density at radius 1 is 1.60 bits per heavy atom. The number of ether oxygens (including phenoxy) is 1. The van der Waals surface area contributed by atoms with Gasteiger partial charge in [-0.25, -0.2) is 0 Å². The quantitative estimate of drug-likeness (QED) is 0.719. The molecule has 0 saturated carbocycles. The van der Waals surface area contributed by atoms with Gasteiger partial charge in [-0.2, -0.15) is 0 Å². The lowest BCUT2D eigenvalue weighted by Gasteiger charge is -2.32. The number of rotatable bonds is 2. The lowest BCUT2D eigenvalue weighted by Crippen LogP contribution is -2.54. The zero-order valence-corrected chi connectivity index (χ0v) is 9.58. The number of carbonyl (C=O) groups is 1. The number of likely N-dealkylation sites (N-methyl/N-ethyl adjacent to an activating group) is 1. The third kappa shape index (κ3) is 2.01. The Balaban J connectivity index is 1.99. The van der Waals surface area contributed by atoms with Gasteiger partial charge in [-0.3, -0.25) is 4.79 Å². The van der Waals surface area contributed by atoms with Crippen LogP contribution in [0, 0.1) is 0 Å². The van der Waals surface area contributed by atoms with E-state index >= 15 is 0 Å². The zero-order valence-electron chi connectivity index (χ0n) is 9.58. The van der Waals surface area contributed by atoms with E-state index in [0.717, 1.165) is 32.4 Å². The number of amides is 1. The highest BCUT2D eigenvalue weighted by Gasteiger charge is 2.40. The average Bonchev–Trinajstić information content (AvgIpc) is 2.86. The van der Waals surface area contributed by atoms with E-state index in [9.17, 15) is 4.79 Å². The third-order valence-electron chi connectivity index (χ3n) is 3.61. The van der Waals surface area contributed by atoms with E-state index in [-0.39, 0.29) is 17.5 Å². The second-order valence-corrected chi connectivity index (χ2v) is 4.80. The van der Waals surface area contributed by atoms with E-state index in [1.54, 1.807) is 0 Å². The van der Waals surface area contributed by atoms with Crippen molar-refractivity contribution in [2.75, 3.05) is 26.8 Å². The van der Waals surface area contributed by atoms with Crippen LogP contribution in [0.3, 0.4) is 0 Å². The Hall–Kier alpha value is -0.610. The van der Waals surface area contributed by atoms with Gasteiger partial charge in [0.1, 0.15) is 0 Å². The topological polar surface area (TPSA) is 41.6 Å². The second kappa shape index (κ2) is 4.10. The highest BCUT2D eigenvalue weighted by atomic mass is 16.5. The summed E-state index contributed by atoms with van der Waals surface area (Å²) in [6.07, 6.45) is 3.01. The van der Waals surface area contributed by atoms with Crippen LogP contribution in [0.25, 0.3) is 0 Å². The molecule has 86 valence electrons. The summed E-state index contributed by atoms with van der Waals surface area (Å²) in [6.45, 7) is 4.44. The minimum absolute atomic E-state index is 0.218. The van der Waals surface area contributed by atoms with Gasteiger partial charge in [0.25, 0.3) is 0 Å². The summed E-state index contributed by atoms with van der Waals surface area (Å²) in [5.41, 5.74) is -0.336. The Bertz CT molecular complexity index is 243. The molecule has 0 aromatic heterocycles. The van der Waals surface area contributed by atoms with Crippen molar-refractivity contribution in [3.63, 3.8) is 0 Å². The van der Waals surface area contributed by atoms with Gasteiger partial charge in [0.05, 0.1) is 18.2 Å². The maximum Gasteiger partial charge on any atom is 0.242 e. The first-order valence-corrected chi connectivity index (χ1v) is 5.73. The molecule has 2 unspecified atom stereocenters. The Labute approximate surface area is 91.0 Å². The second-order valence-electron chi connectivity index (χ2n) is 4.80. The normalized spacial score (nSPS) is 35.7. The van der Waals surface area contributed by atoms with Crippen molar-refractivity contribution in [1.29, 1.82) is 0 Å². The molecule has 1 N–H and O–H groups in total. The minimum atomic E-state index is -0.336. The Kier molecular flexibility index (Phi) is 2.98. The first-order chi connectivity index (χ1) is 7.13. The molecule has 15 heavy (non-hydrogen) atoms. The molecule has 2 atom stereocenters. The summed E-state index contributed by atoms with van der Waals surface area (Å²) in [6, 6.07) is 0.275. The minimum Gasteiger partial charge on any atom is -0.379 e. The Morgan fingerprint density at radius 3 is 2.93 bits per heavy atom. The van der Waals surface area contributed by atoms with Gasteiger partial charge < -0.3 is 15.0 Å². The third-order valence-corrected chi connectivity index (χ3v) is 3.61. The van der Waals surface area contributed by atoms with Gasteiger partial charge in [-0.15, -0.1) is 0 Å². The predicted octanol–water partition coefficient (Wildman–Crippen LogP) is 0.376. The summed E-state index contributed by atoms with van der Waals surface area (Å²) in [4.78, 5) is 14.1. The van der Waals surface area contributed by atoms with Crippen molar-refractivity contribution in [3.8, 4) is 0 Å². The molecule has 0 aliphatic carbocycles. The molecule has 4 heteroatoms. The molecule has 2 fully saturated rings. The van der Waals surface area contributed by atoms with E-state index in [4.69, 9.17) is 4.74 Å². The standard InChI is InChI=1S/C11H20N2O2/c1-11(5-3-6-12-11)10(14)13(2)9-4-7-15-8-9/h9,12H,3-8H2,1-2H3. The lowest BCUT2D eigenvalue weighted by molar-refractivity contribution is -0.138. The molecule has 2 aliphatic heterocycles. The number of nitrogens with zero attached hydrogens (tertiary/aromatic N) is 1. The molecular weight excluding hydrogens is 192 g/mol. The van der Waals surface area contributed by atoms with Crippen molar-refractivity contribution >= 4 is 5.91 Å². The molecule has 0 aromatic rings. The maximum absolute atomic E-state index is 12.3. The van der Waals surface area contributed by atoms with Crippen LogP contribution >= 0.6 is 0 Å². The van der Waals surface area contributed by atoms with Gasteiger partial charge in [0.2, 0.25) is 5.91 Å². The first kappa shape index (κ1) is 10.9. The van der Waals surface area contributed by atoms with Gasteiger partial charge >= 0.3 is 0 Å². The fraction of sp³-hybridized carbons (Fsp3) is 0.909. The van der Waals surface area contributed by atoms with Crippen LogP contribution in [0.1, 0.15) is 26.2 Å². The van der Waals surface area contributed by atoms with E-state index in [1.807, 2.05) is 18.9 Å². The lowest BCUT2D eigenvalue weighted by atomic mass is 9.97. The van der Waals surface area contributed by atoms with Crippen LogP contribution in [0.2, 0.25) is 0 Å².